The molecular formula is C58H44N4. The summed E-state index contributed by atoms with van der Waals surface area (Å²) in [5, 5.41) is 9.06. The van der Waals surface area contributed by atoms with Gasteiger partial charge in [0.25, 0.3) is 0 Å². The van der Waals surface area contributed by atoms with Crippen molar-refractivity contribution < 1.29 is 0 Å². The summed E-state index contributed by atoms with van der Waals surface area (Å²) in [5.74, 6) is 0. The molecule has 0 aliphatic heterocycles. The van der Waals surface area contributed by atoms with Gasteiger partial charge in [0.15, 0.2) is 0 Å². The molecule has 0 spiro atoms. The van der Waals surface area contributed by atoms with Crippen LogP contribution >= 0.6 is 0 Å². The highest BCUT2D eigenvalue weighted by Gasteiger charge is 2.31. The maximum absolute atomic E-state index is 2.62. The van der Waals surface area contributed by atoms with E-state index in [-0.39, 0.29) is 0 Å². The minimum atomic E-state index is 0.976. The van der Waals surface area contributed by atoms with E-state index in [4.69, 9.17) is 0 Å². The smallest absolute Gasteiger partial charge is 0.0621 e. The lowest BCUT2D eigenvalue weighted by Crippen LogP contribution is -2.19. The number of hydrogen-bond donors (Lipinski definition) is 0. The highest BCUT2D eigenvalue weighted by atomic mass is 15.2. The van der Waals surface area contributed by atoms with E-state index in [2.05, 4.69) is 216 Å². The third-order valence-corrected chi connectivity index (χ3v) is 13.5. The van der Waals surface area contributed by atoms with Gasteiger partial charge in [-0.15, -0.1) is 0 Å². The summed E-state index contributed by atoms with van der Waals surface area (Å²) in [7, 11) is 0. The molecular weight excluding hydrogens is 753 g/mol. The minimum absolute atomic E-state index is 0.976. The first kappa shape index (κ1) is 35.2. The van der Waals surface area contributed by atoms with Crippen LogP contribution in [-0.2, 0) is 6.42 Å². The Morgan fingerprint density at radius 3 is 1.55 bits per heavy atom. The fraction of sp³-hybridized carbons (Fsp3) is 0.103. The molecule has 296 valence electrons. The molecule has 0 radical (unpaired) electrons. The van der Waals surface area contributed by atoms with Crippen molar-refractivity contribution in [2.24, 2.45) is 0 Å². The van der Waals surface area contributed by atoms with E-state index in [1.165, 1.54) is 127 Å². The van der Waals surface area contributed by atoms with Crippen LogP contribution in [0.25, 0.3) is 71.0 Å². The molecule has 0 saturated heterocycles. The van der Waals surface area contributed by atoms with Crippen LogP contribution < -0.4 is 9.80 Å². The molecule has 0 fully saturated rings. The number of benzene rings is 8. The van der Waals surface area contributed by atoms with E-state index >= 15 is 0 Å². The Morgan fingerprint density at radius 2 is 0.919 bits per heavy atom. The predicted molar refractivity (Wildman–Crippen MR) is 263 cm³/mol. The van der Waals surface area contributed by atoms with E-state index in [0.29, 0.717) is 0 Å². The molecule has 62 heavy (non-hydrogen) atoms. The van der Waals surface area contributed by atoms with Crippen LogP contribution in [0.2, 0.25) is 0 Å². The van der Waals surface area contributed by atoms with Gasteiger partial charge in [0, 0.05) is 71.7 Å². The number of anilines is 5. The fourth-order valence-electron chi connectivity index (χ4n) is 11.3. The van der Waals surface area contributed by atoms with E-state index in [9.17, 15) is 0 Å². The molecule has 0 N–H and O–H groups in total. The third kappa shape index (κ3) is 4.89. The summed E-state index contributed by atoms with van der Waals surface area (Å²) in [4.78, 5) is 4.94. The van der Waals surface area contributed by atoms with Gasteiger partial charge in [-0.3, -0.25) is 0 Å². The Hall–Kier alpha value is -7.56. The molecule has 1 aliphatic rings. The number of nitrogens with zero attached hydrogens (tertiary/aromatic N) is 4. The van der Waals surface area contributed by atoms with Crippen molar-refractivity contribution in [2.45, 2.75) is 40.5 Å². The number of aryl methyl sites for hydroxylation is 5. The lowest BCUT2D eigenvalue weighted by Gasteiger charge is -2.31. The molecule has 0 bridgehead atoms. The van der Waals surface area contributed by atoms with Crippen LogP contribution in [0.15, 0.2) is 170 Å². The standard InChI is InChI=1S/C58H44N4/c1-35-27-36(2)30-41(29-35)59(39-15-7-5-8-16-39)49-23-13-25-51-55(49)45-21-11-19-43-47-34-54-48(33-53(47)61(51)57(43)45)44-20-12-22-46-56-50(24-14-26-52(56)62(54)58(44)46)60(40-17-9-6-10-18-40)42-31-37(3)28-38(4)32-42/h5-13,15-25,27-34H,14,26H2,1-4H3. The zero-order chi connectivity index (χ0) is 41.4. The van der Waals surface area contributed by atoms with Gasteiger partial charge in [0.05, 0.1) is 39.0 Å². The Morgan fingerprint density at radius 1 is 0.403 bits per heavy atom. The molecule has 8 aromatic carbocycles. The average Bonchev–Trinajstić information content (AvgIpc) is 4.00. The van der Waals surface area contributed by atoms with Crippen molar-refractivity contribution in [1.29, 1.82) is 0 Å². The number of fused-ring (bicyclic) bond motifs is 12. The van der Waals surface area contributed by atoms with Crippen LogP contribution in [-0.4, -0.2) is 8.80 Å². The van der Waals surface area contributed by atoms with Gasteiger partial charge in [-0.2, -0.15) is 0 Å². The van der Waals surface area contributed by atoms with Gasteiger partial charge in [-0.25, -0.2) is 0 Å². The first-order valence-corrected chi connectivity index (χ1v) is 21.9. The van der Waals surface area contributed by atoms with Gasteiger partial charge in [-0.1, -0.05) is 97.1 Å². The number of hydrogen-bond acceptors (Lipinski definition) is 2. The Labute approximate surface area is 360 Å². The summed E-state index contributed by atoms with van der Waals surface area (Å²) >= 11 is 0. The van der Waals surface area contributed by atoms with Crippen LogP contribution in [0.1, 0.15) is 39.9 Å². The maximum atomic E-state index is 2.62. The summed E-state index contributed by atoms with van der Waals surface area (Å²) in [6.07, 6.45) is 4.44. The third-order valence-electron chi connectivity index (χ3n) is 13.5. The second-order valence-electron chi connectivity index (χ2n) is 17.6. The Bertz CT molecular complexity index is 3750. The molecule has 4 aromatic heterocycles. The Kier molecular flexibility index (Phi) is 7.37. The first-order valence-electron chi connectivity index (χ1n) is 21.9. The van der Waals surface area contributed by atoms with Crippen LogP contribution in [0.3, 0.4) is 0 Å². The molecule has 13 rings (SSSR count). The molecule has 12 aromatic rings. The second kappa shape index (κ2) is 13.0. The van der Waals surface area contributed by atoms with Gasteiger partial charge < -0.3 is 18.6 Å². The van der Waals surface area contributed by atoms with Crippen LogP contribution in [0.4, 0.5) is 28.4 Å². The van der Waals surface area contributed by atoms with Crippen molar-refractivity contribution >= 4 is 99.4 Å². The van der Waals surface area contributed by atoms with Crippen molar-refractivity contribution in [3.63, 3.8) is 0 Å². The highest BCUT2D eigenvalue weighted by molar-refractivity contribution is 6.29. The zero-order valence-corrected chi connectivity index (χ0v) is 35.4. The normalized spacial score (nSPS) is 13.1. The SMILES string of the molecule is Cc1cc(C)cc(N(C2=CCCc3c2c2cccc4c5cc6c(cc5n3c24)c2cccc3c4c(N(c5ccccc5)c5cc(C)cc(C)c5)cccc4n6c23)c2ccccc2)c1. The summed E-state index contributed by atoms with van der Waals surface area (Å²) < 4.78 is 5.17. The zero-order valence-electron chi connectivity index (χ0n) is 35.4. The first-order chi connectivity index (χ1) is 30.4. The lowest BCUT2D eigenvalue weighted by molar-refractivity contribution is 0.914. The highest BCUT2D eigenvalue weighted by Crippen LogP contribution is 2.50. The van der Waals surface area contributed by atoms with E-state index in [1.807, 2.05) is 0 Å². The molecule has 0 saturated carbocycles. The van der Waals surface area contributed by atoms with Crippen molar-refractivity contribution in [1.82, 2.24) is 8.80 Å². The predicted octanol–water partition coefficient (Wildman–Crippen LogP) is 15.7. The van der Waals surface area contributed by atoms with E-state index < -0.39 is 0 Å². The van der Waals surface area contributed by atoms with Gasteiger partial charge in [-0.05, 0) is 136 Å². The van der Waals surface area contributed by atoms with E-state index in [0.717, 1.165) is 18.5 Å². The minimum Gasteiger partial charge on any atom is -0.312 e. The summed E-state index contributed by atoms with van der Waals surface area (Å²) in [6.45, 7) is 8.80. The van der Waals surface area contributed by atoms with Crippen molar-refractivity contribution in [3.05, 3.63) is 203 Å². The second-order valence-corrected chi connectivity index (χ2v) is 17.6. The van der Waals surface area contributed by atoms with Gasteiger partial charge in [0.1, 0.15) is 0 Å². The monoisotopic (exact) mass is 796 g/mol. The number of rotatable bonds is 6. The number of aromatic nitrogens is 2. The number of allylic oxidation sites excluding steroid dienone is 1. The summed E-state index contributed by atoms with van der Waals surface area (Å²) in [5.41, 5.74) is 21.3. The van der Waals surface area contributed by atoms with E-state index in [1.54, 1.807) is 0 Å². The van der Waals surface area contributed by atoms with Crippen molar-refractivity contribution in [3.8, 4) is 0 Å². The molecule has 0 unspecified atom stereocenters. The van der Waals surface area contributed by atoms with Crippen LogP contribution in [0, 0.1) is 27.7 Å². The molecule has 4 heterocycles. The Balaban J connectivity index is 1.07. The molecule has 4 heteroatoms. The van der Waals surface area contributed by atoms with Crippen molar-refractivity contribution in [2.75, 3.05) is 9.80 Å². The van der Waals surface area contributed by atoms with Gasteiger partial charge >= 0.3 is 0 Å². The largest absolute Gasteiger partial charge is 0.312 e. The van der Waals surface area contributed by atoms with Gasteiger partial charge in [0.2, 0.25) is 0 Å². The quantitative estimate of drug-likeness (QED) is 0.167. The molecule has 0 amide bonds. The number of para-hydroxylation sites is 4. The molecule has 1 aliphatic carbocycles. The average molecular weight is 797 g/mol. The molecule has 0 atom stereocenters. The maximum Gasteiger partial charge on any atom is 0.0621 e. The fourth-order valence-corrected chi connectivity index (χ4v) is 11.3. The molecule has 4 nitrogen and oxygen atoms in total. The topological polar surface area (TPSA) is 15.3 Å². The van der Waals surface area contributed by atoms with Crippen LogP contribution in [0.5, 0.6) is 0 Å². The lowest BCUT2D eigenvalue weighted by atomic mass is 9.95. The summed E-state index contributed by atoms with van der Waals surface area (Å²) in [6, 6.07) is 61.3.